The molecule has 1 aromatic heterocycles. The Balaban J connectivity index is 1.86. The summed E-state index contributed by atoms with van der Waals surface area (Å²) >= 11 is 0. The summed E-state index contributed by atoms with van der Waals surface area (Å²) in [4.78, 5) is 2.31. The molecule has 2 N–H and O–H groups in total. The zero-order valence-corrected chi connectivity index (χ0v) is 8.19. The fourth-order valence-corrected chi connectivity index (χ4v) is 1.69. The zero-order valence-electron chi connectivity index (χ0n) is 8.19. The van der Waals surface area contributed by atoms with Crippen LogP contribution >= 0.6 is 0 Å². The van der Waals surface area contributed by atoms with E-state index in [-0.39, 0.29) is 6.10 Å². The second-order valence-electron chi connectivity index (χ2n) is 3.54. The number of ether oxygens (including phenoxy) is 1. The highest BCUT2D eigenvalue weighted by molar-refractivity contribution is 4.98. The molecule has 0 radical (unpaired) electrons. The average Bonchev–Trinajstić information content (AvgIpc) is 2.71. The minimum atomic E-state index is 0.179. The van der Waals surface area contributed by atoms with E-state index in [9.17, 15) is 0 Å². The summed E-state index contributed by atoms with van der Waals surface area (Å²) in [6.45, 7) is 4.07. The molecule has 1 unspecified atom stereocenters. The molecule has 1 saturated heterocycles. The van der Waals surface area contributed by atoms with Crippen molar-refractivity contribution in [1.29, 1.82) is 0 Å². The fourth-order valence-electron chi connectivity index (χ4n) is 1.69. The normalized spacial score (nSPS) is 23.9. The van der Waals surface area contributed by atoms with Crippen molar-refractivity contribution >= 4 is 0 Å². The standard InChI is InChI=1S/C10H16N2O2/c11-6-10-8-12(3-5-14-10)7-9-2-1-4-13-9/h1-2,4,10H,3,5-8,11H2. The molecule has 14 heavy (non-hydrogen) atoms. The van der Waals surface area contributed by atoms with E-state index in [0.29, 0.717) is 6.54 Å². The van der Waals surface area contributed by atoms with Crippen molar-refractivity contribution in [1.82, 2.24) is 4.90 Å². The van der Waals surface area contributed by atoms with E-state index in [2.05, 4.69) is 4.90 Å². The van der Waals surface area contributed by atoms with Crippen LogP contribution in [0, 0.1) is 0 Å². The third kappa shape index (κ3) is 2.35. The van der Waals surface area contributed by atoms with E-state index in [4.69, 9.17) is 14.9 Å². The van der Waals surface area contributed by atoms with Crippen LogP contribution in [-0.4, -0.2) is 37.2 Å². The maximum absolute atomic E-state index is 5.56. The van der Waals surface area contributed by atoms with Crippen LogP contribution in [0.4, 0.5) is 0 Å². The first-order chi connectivity index (χ1) is 6.88. The molecule has 0 aliphatic carbocycles. The Morgan fingerprint density at radius 3 is 3.21 bits per heavy atom. The molecule has 1 fully saturated rings. The Labute approximate surface area is 83.6 Å². The van der Waals surface area contributed by atoms with Crippen LogP contribution in [0.3, 0.4) is 0 Å². The van der Waals surface area contributed by atoms with Gasteiger partial charge < -0.3 is 14.9 Å². The van der Waals surface area contributed by atoms with E-state index in [0.717, 1.165) is 32.0 Å². The summed E-state index contributed by atoms with van der Waals surface area (Å²) in [5.41, 5.74) is 5.56. The topological polar surface area (TPSA) is 51.6 Å². The van der Waals surface area contributed by atoms with E-state index in [1.165, 1.54) is 0 Å². The van der Waals surface area contributed by atoms with Gasteiger partial charge in [-0.15, -0.1) is 0 Å². The van der Waals surface area contributed by atoms with Crippen LogP contribution in [0.2, 0.25) is 0 Å². The summed E-state index contributed by atoms with van der Waals surface area (Å²) in [5.74, 6) is 1.00. The number of furan rings is 1. The Bertz CT molecular complexity index is 261. The van der Waals surface area contributed by atoms with Gasteiger partial charge in [-0.1, -0.05) is 0 Å². The quantitative estimate of drug-likeness (QED) is 0.762. The molecule has 78 valence electrons. The van der Waals surface area contributed by atoms with Gasteiger partial charge in [0.05, 0.1) is 25.5 Å². The van der Waals surface area contributed by atoms with Gasteiger partial charge in [-0.25, -0.2) is 0 Å². The van der Waals surface area contributed by atoms with Crippen LogP contribution < -0.4 is 5.73 Å². The van der Waals surface area contributed by atoms with Gasteiger partial charge in [0.2, 0.25) is 0 Å². The lowest BCUT2D eigenvalue weighted by atomic mass is 10.2. The monoisotopic (exact) mass is 196 g/mol. The van der Waals surface area contributed by atoms with Crippen molar-refractivity contribution in [2.24, 2.45) is 5.73 Å². The van der Waals surface area contributed by atoms with Crippen molar-refractivity contribution in [2.75, 3.05) is 26.2 Å². The van der Waals surface area contributed by atoms with Crippen molar-refractivity contribution in [3.8, 4) is 0 Å². The summed E-state index contributed by atoms with van der Waals surface area (Å²) in [6, 6.07) is 3.91. The number of hydrogen-bond acceptors (Lipinski definition) is 4. The minimum Gasteiger partial charge on any atom is -0.468 e. The summed E-state index contributed by atoms with van der Waals surface area (Å²) < 4.78 is 10.8. The Hall–Kier alpha value is -0.840. The molecule has 1 aliphatic rings. The molecular weight excluding hydrogens is 180 g/mol. The van der Waals surface area contributed by atoms with E-state index in [1.807, 2.05) is 12.1 Å². The van der Waals surface area contributed by atoms with Crippen LogP contribution in [-0.2, 0) is 11.3 Å². The largest absolute Gasteiger partial charge is 0.468 e. The first-order valence-corrected chi connectivity index (χ1v) is 4.95. The van der Waals surface area contributed by atoms with E-state index >= 15 is 0 Å². The van der Waals surface area contributed by atoms with Gasteiger partial charge in [0.25, 0.3) is 0 Å². The molecule has 4 heteroatoms. The molecule has 1 atom stereocenters. The van der Waals surface area contributed by atoms with Gasteiger partial charge in [-0.3, -0.25) is 4.90 Å². The maximum Gasteiger partial charge on any atom is 0.117 e. The third-order valence-electron chi connectivity index (χ3n) is 2.45. The van der Waals surface area contributed by atoms with Gasteiger partial charge in [-0.2, -0.15) is 0 Å². The highest BCUT2D eigenvalue weighted by Crippen LogP contribution is 2.09. The average molecular weight is 196 g/mol. The van der Waals surface area contributed by atoms with Gasteiger partial charge in [0.15, 0.2) is 0 Å². The van der Waals surface area contributed by atoms with Gasteiger partial charge in [0.1, 0.15) is 5.76 Å². The molecule has 0 spiro atoms. The molecule has 2 heterocycles. The van der Waals surface area contributed by atoms with Crippen molar-refractivity contribution in [3.63, 3.8) is 0 Å². The maximum atomic E-state index is 5.56. The molecule has 1 aliphatic heterocycles. The molecule has 0 aromatic carbocycles. The predicted octanol–water partition coefficient (Wildman–Crippen LogP) is 0.439. The molecular formula is C10H16N2O2. The van der Waals surface area contributed by atoms with Crippen molar-refractivity contribution in [3.05, 3.63) is 24.2 Å². The summed E-state index contributed by atoms with van der Waals surface area (Å²) in [5, 5.41) is 0. The number of hydrogen-bond donors (Lipinski definition) is 1. The Kier molecular flexibility index (Phi) is 3.18. The van der Waals surface area contributed by atoms with Crippen molar-refractivity contribution in [2.45, 2.75) is 12.6 Å². The second kappa shape index (κ2) is 4.59. The first kappa shape index (κ1) is 9.71. The van der Waals surface area contributed by atoms with E-state index in [1.54, 1.807) is 6.26 Å². The second-order valence-corrected chi connectivity index (χ2v) is 3.54. The lowest BCUT2D eigenvalue weighted by molar-refractivity contribution is -0.0278. The molecule has 0 saturated carbocycles. The van der Waals surface area contributed by atoms with Crippen LogP contribution in [0.1, 0.15) is 5.76 Å². The predicted molar refractivity (Wildman–Crippen MR) is 52.8 cm³/mol. The summed E-state index contributed by atoms with van der Waals surface area (Å²) in [7, 11) is 0. The molecule has 2 rings (SSSR count). The van der Waals surface area contributed by atoms with Crippen LogP contribution in [0.5, 0.6) is 0 Å². The highest BCUT2D eigenvalue weighted by atomic mass is 16.5. The molecule has 1 aromatic rings. The lowest BCUT2D eigenvalue weighted by Gasteiger charge is -2.31. The van der Waals surface area contributed by atoms with Gasteiger partial charge >= 0.3 is 0 Å². The Morgan fingerprint density at radius 1 is 1.57 bits per heavy atom. The van der Waals surface area contributed by atoms with E-state index < -0.39 is 0 Å². The fraction of sp³-hybridized carbons (Fsp3) is 0.600. The van der Waals surface area contributed by atoms with Crippen LogP contribution in [0.15, 0.2) is 22.8 Å². The lowest BCUT2D eigenvalue weighted by Crippen LogP contribution is -2.45. The molecule has 4 nitrogen and oxygen atoms in total. The van der Waals surface area contributed by atoms with Crippen molar-refractivity contribution < 1.29 is 9.15 Å². The van der Waals surface area contributed by atoms with Crippen LogP contribution in [0.25, 0.3) is 0 Å². The zero-order chi connectivity index (χ0) is 9.80. The third-order valence-corrected chi connectivity index (χ3v) is 2.45. The molecule has 0 amide bonds. The Morgan fingerprint density at radius 2 is 2.50 bits per heavy atom. The van der Waals surface area contributed by atoms with Gasteiger partial charge in [0, 0.05) is 19.6 Å². The summed E-state index contributed by atoms with van der Waals surface area (Å²) in [6.07, 6.45) is 1.88. The molecule has 0 bridgehead atoms. The number of nitrogens with two attached hydrogens (primary N) is 1. The number of rotatable bonds is 3. The number of nitrogens with zero attached hydrogens (tertiary/aromatic N) is 1. The highest BCUT2D eigenvalue weighted by Gasteiger charge is 2.19. The van der Waals surface area contributed by atoms with Gasteiger partial charge in [-0.05, 0) is 12.1 Å². The minimum absolute atomic E-state index is 0.179. The SMILES string of the molecule is NCC1CN(Cc2ccco2)CCO1. The number of morpholine rings is 1. The smallest absolute Gasteiger partial charge is 0.117 e. The first-order valence-electron chi connectivity index (χ1n) is 4.95.